The first-order valence-electron chi connectivity index (χ1n) is 8.23. The van der Waals surface area contributed by atoms with Crippen LogP contribution >= 0.6 is 0 Å². The van der Waals surface area contributed by atoms with Crippen molar-refractivity contribution in [2.45, 2.75) is 71.8 Å². The van der Waals surface area contributed by atoms with E-state index in [0.29, 0.717) is 0 Å². The number of aryl methyl sites for hydroxylation is 1. The Labute approximate surface area is 118 Å². The molecular formula is C17H30N2. The molecule has 19 heavy (non-hydrogen) atoms. The van der Waals surface area contributed by atoms with Crippen LogP contribution in [0.3, 0.4) is 0 Å². The summed E-state index contributed by atoms with van der Waals surface area (Å²) in [5, 5.41) is 0. The molecular weight excluding hydrogens is 232 g/mol. The standard InChI is InChI=1S/C17H30N2/c1-3-4-16(9-11-19-12-10-18-14-19)13-17-7-5-15(2)6-8-17/h10,12,14-17H,3-9,11,13H2,1-2H3. The number of imidazole rings is 1. The Hall–Kier alpha value is -0.790. The van der Waals surface area contributed by atoms with E-state index < -0.39 is 0 Å². The summed E-state index contributed by atoms with van der Waals surface area (Å²) in [7, 11) is 0. The number of hydrogen-bond acceptors (Lipinski definition) is 1. The van der Waals surface area contributed by atoms with Crippen molar-refractivity contribution in [1.82, 2.24) is 9.55 Å². The average Bonchev–Trinajstić information content (AvgIpc) is 2.92. The molecule has 0 spiro atoms. The maximum Gasteiger partial charge on any atom is 0.0945 e. The molecule has 1 aromatic heterocycles. The van der Waals surface area contributed by atoms with Crippen molar-refractivity contribution in [2.75, 3.05) is 0 Å². The highest BCUT2D eigenvalue weighted by Crippen LogP contribution is 2.34. The number of rotatable bonds is 7. The molecule has 0 amide bonds. The predicted molar refractivity (Wildman–Crippen MR) is 81.0 cm³/mol. The molecule has 1 unspecified atom stereocenters. The summed E-state index contributed by atoms with van der Waals surface area (Å²) in [5.41, 5.74) is 0. The van der Waals surface area contributed by atoms with E-state index in [4.69, 9.17) is 0 Å². The Bertz CT molecular complexity index is 323. The Morgan fingerprint density at radius 3 is 2.63 bits per heavy atom. The molecule has 0 saturated heterocycles. The van der Waals surface area contributed by atoms with Crippen molar-refractivity contribution < 1.29 is 0 Å². The van der Waals surface area contributed by atoms with Crippen LogP contribution in [0.25, 0.3) is 0 Å². The maximum absolute atomic E-state index is 4.13. The number of hydrogen-bond donors (Lipinski definition) is 0. The van der Waals surface area contributed by atoms with Gasteiger partial charge in [0.25, 0.3) is 0 Å². The van der Waals surface area contributed by atoms with Crippen molar-refractivity contribution >= 4 is 0 Å². The zero-order valence-corrected chi connectivity index (χ0v) is 12.7. The molecule has 1 aromatic rings. The van der Waals surface area contributed by atoms with E-state index in [2.05, 4.69) is 29.6 Å². The fourth-order valence-electron chi connectivity index (χ4n) is 3.58. The van der Waals surface area contributed by atoms with Gasteiger partial charge in [-0.1, -0.05) is 52.4 Å². The molecule has 1 atom stereocenters. The third-order valence-corrected chi connectivity index (χ3v) is 4.85. The first kappa shape index (κ1) is 14.6. The fourth-order valence-corrected chi connectivity index (χ4v) is 3.58. The minimum absolute atomic E-state index is 0.922. The van der Waals surface area contributed by atoms with E-state index in [0.717, 1.165) is 24.3 Å². The second-order valence-corrected chi connectivity index (χ2v) is 6.61. The lowest BCUT2D eigenvalue weighted by atomic mass is 9.77. The van der Waals surface area contributed by atoms with Crippen LogP contribution in [0, 0.1) is 17.8 Å². The van der Waals surface area contributed by atoms with E-state index in [1.807, 2.05) is 12.5 Å². The number of aromatic nitrogens is 2. The van der Waals surface area contributed by atoms with E-state index in [1.54, 1.807) is 0 Å². The lowest BCUT2D eigenvalue weighted by Gasteiger charge is -2.29. The molecule has 1 saturated carbocycles. The monoisotopic (exact) mass is 262 g/mol. The van der Waals surface area contributed by atoms with Crippen molar-refractivity contribution in [1.29, 1.82) is 0 Å². The highest BCUT2D eigenvalue weighted by molar-refractivity contribution is 4.76. The summed E-state index contributed by atoms with van der Waals surface area (Å²) >= 11 is 0. The van der Waals surface area contributed by atoms with Crippen LogP contribution in [0.1, 0.15) is 65.2 Å². The lowest BCUT2D eigenvalue weighted by molar-refractivity contribution is 0.230. The van der Waals surface area contributed by atoms with Gasteiger partial charge in [0.05, 0.1) is 6.33 Å². The number of nitrogens with zero attached hydrogens (tertiary/aromatic N) is 2. The molecule has 0 aliphatic heterocycles. The molecule has 2 nitrogen and oxygen atoms in total. The SMILES string of the molecule is CCCC(CCn1ccnc1)CC1CCC(C)CC1. The van der Waals surface area contributed by atoms with Crippen LogP contribution in [-0.2, 0) is 6.54 Å². The largest absolute Gasteiger partial charge is 0.337 e. The predicted octanol–water partition coefficient (Wildman–Crippen LogP) is 4.91. The molecule has 0 bridgehead atoms. The molecule has 1 fully saturated rings. The van der Waals surface area contributed by atoms with Gasteiger partial charge in [-0.3, -0.25) is 0 Å². The molecule has 0 aromatic carbocycles. The average molecular weight is 262 g/mol. The molecule has 1 heterocycles. The van der Waals surface area contributed by atoms with E-state index in [9.17, 15) is 0 Å². The third-order valence-electron chi connectivity index (χ3n) is 4.85. The van der Waals surface area contributed by atoms with Gasteiger partial charge >= 0.3 is 0 Å². The Morgan fingerprint density at radius 1 is 1.21 bits per heavy atom. The summed E-state index contributed by atoms with van der Waals surface area (Å²) in [4.78, 5) is 4.13. The summed E-state index contributed by atoms with van der Waals surface area (Å²) in [5.74, 6) is 2.91. The van der Waals surface area contributed by atoms with Crippen LogP contribution in [0.5, 0.6) is 0 Å². The summed E-state index contributed by atoms with van der Waals surface area (Å²) in [6.07, 6.45) is 17.3. The van der Waals surface area contributed by atoms with Crippen molar-refractivity contribution in [2.24, 2.45) is 17.8 Å². The van der Waals surface area contributed by atoms with Gasteiger partial charge in [0, 0.05) is 18.9 Å². The van der Waals surface area contributed by atoms with E-state index in [1.165, 1.54) is 51.4 Å². The highest BCUT2D eigenvalue weighted by Gasteiger charge is 2.21. The van der Waals surface area contributed by atoms with Crippen LogP contribution in [0.2, 0.25) is 0 Å². The van der Waals surface area contributed by atoms with Gasteiger partial charge in [-0.05, 0) is 30.6 Å². The summed E-state index contributed by atoms with van der Waals surface area (Å²) in [6, 6.07) is 0. The minimum atomic E-state index is 0.922. The molecule has 2 heteroatoms. The molecule has 1 aliphatic carbocycles. The Kier molecular flexibility index (Phi) is 5.93. The first-order chi connectivity index (χ1) is 9.28. The fraction of sp³-hybridized carbons (Fsp3) is 0.824. The van der Waals surface area contributed by atoms with Crippen LogP contribution in [0.15, 0.2) is 18.7 Å². The summed E-state index contributed by atoms with van der Waals surface area (Å²) in [6.45, 7) is 5.89. The molecule has 0 radical (unpaired) electrons. The minimum Gasteiger partial charge on any atom is -0.337 e. The van der Waals surface area contributed by atoms with Crippen LogP contribution < -0.4 is 0 Å². The molecule has 1 aliphatic rings. The zero-order valence-electron chi connectivity index (χ0n) is 12.7. The first-order valence-corrected chi connectivity index (χ1v) is 8.23. The van der Waals surface area contributed by atoms with E-state index >= 15 is 0 Å². The molecule has 108 valence electrons. The highest BCUT2D eigenvalue weighted by atomic mass is 15.0. The van der Waals surface area contributed by atoms with Gasteiger partial charge in [-0.15, -0.1) is 0 Å². The van der Waals surface area contributed by atoms with Crippen LogP contribution in [-0.4, -0.2) is 9.55 Å². The second kappa shape index (κ2) is 7.72. The Balaban J connectivity index is 1.75. The molecule has 0 N–H and O–H groups in total. The van der Waals surface area contributed by atoms with Crippen molar-refractivity contribution in [3.63, 3.8) is 0 Å². The van der Waals surface area contributed by atoms with E-state index in [-0.39, 0.29) is 0 Å². The van der Waals surface area contributed by atoms with Gasteiger partial charge in [-0.25, -0.2) is 4.98 Å². The van der Waals surface area contributed by atoms with Crippen LogP contribution in [0.4, 0.5) is 0 Å². The third kappa shape index (κ3) is 5.00. The van der Waals surface area contributed by atoms with Crippen molar-refractivity contribution in [3.8, 4) is 0 Å². The maximum atomic E-state index is 4.13. The van der Waals surface area contributed by atoms with Gasteiger partial charge in [-0.2, -0.15) is 0 Å². The lowest BCUT2D eigenvalue weighted by Crippen LogP contribution is -2.17. The zero-order chi connectivity index (χ0) is 13.5. The normalized spacial score (nSPS) is 25.4. The van der Waals surface area contributed by atoms with Gasteiger partial charge in [0.2, 0.25) is 0 Å². The second-order valence-electron chi connectivity index (χ2n) is 6.61. The van der Waals surface area contributed by atoms with Gasteiger partial charge in [0.1, 0.15) is 0 Å². The quantitative estimate of drug-likeness (QED) is 0.683. The van der Waals surface area contributed by atoms with Crippen molar-refractivity contribution in [3.05, 3.63) is 18.7 Å². The summed E-state index contributed by atoms with van der Waals surface area (Å²) < 4.78 is 2.23. The van der Waals surface area contributed by atoms with Gasteiger partial charge in [0.15, 0.2) is 0 Å². The molecule has 2 rings (SSSR count). The topological polar surface area (TPSA) is 17.8 Å². The smallest absolute Gasteiger partial charge is 0.0945 e. The van der Waals surface area contributed by atoms with Gasteiger partial charge < -0.3 is 4.57 Å². The Morgan fingerprint density at radius 2 is 2.00 bits per heavy atom.